The number of hydrogen-bond acceptors (Lipinski definition) is 4. The average Bonchev–Trinajstić information content (AvgIpc) is 2.67. The number of rotatable bonds is 5. The molecule has 24 heavy (non-hydrogen) atoms. The maximum absolute atomic E-state index is 11.8. The van der Waals surface area contributed by atoms with E-state index in [1.54, 1.807) is 12.4 Å². The van der Waals surface area contributed by atoms with Crippen LogP contribution in [0.15, 0.2) is 48.8 Å². The fourth-order valence-corrected chi connectivity index (χ4v) is 2.58. The van der Waals surface area contributed by atoms with Gasteiger partial charge in [0.2, 0.25) is 0 Å². The van der Waals surface area contributed by atoms with Crippen molar-refractivity contribution in [1.29, 1.82) is 0 Å². The zero-order valence-corrected chi connectivity index (χ0v) is 13.6. The SMILES string of the molecule is O=C(NCc1ccc(N2CCOCC2)cc1)NCc1cccnc1. The molecule has 6 nitrogen and oxygen atoms in total. The first-order valence-corrected chi connectivity index (χ1v) is 8.13. The second-order valence-corrected chi connectivity index (χ2v) is 5.66. The minimum absolute atomic E-state index is 0.184. The highest BCUT2D eigenvalue weighted by molar-refractivity contribution is 5.73. The molecule has 0 atom stereocenters. The Hall–Kier alpha value is -2.60. The predicted molar refractivity (Wildman–Crippen MR) is 92.8 cm³/mol. The monoisotopic (exact) mass is 326 g/mol. The van der Waals surface area contributed by atoms with E-state index in [-0.39, 0.29) is 6.03 Å². The minimum atomic E-state index is -0.184. The molecule has 2 N–H and O–H groups in total. The van der Waals surface area contributed by atoms with Crippen molar-refractivity contribution in [3.8, 4) is 0 Å². The molecule has 0 radical (unpaired) electrons. The van der Waals surface area contributed by atoms with Crippen molar-refractivity contribution in [1.82, 2.24) is 15.6 Å². The standard InChI is InChI=1S/C18H22N4O2/c23-18(21-14-16-2-1-7-19-12-16)20-13-15-3-5-17(6-4-15)22-8-10-24-11-9-22/h1-7,12H,8-11,13-14H2,(H2,20,21,23). The molecule has 2 heterocycles. The van der Waals surface area contributed by atoms with Gasteiger partial charge in [0.05, 0.1) is 13.2 Å². The van der Waals surface area contributed by atoms with Gasteiger partial charge in [-0.05, 0) is 29.3 Å². The normalized spacial score (nSPS) is 14.2. The van der Waals surface area contributed by atoms with Crippen LogP contribution in [0.25, 0.3) is 0 Å². The van der Waals surface area contributed by atoms with E-state index in [1.165, 1.54) is 5.69 Å². The molecule has 0 bridgehead atoms. The van der Waals surface area contributed by atoms with Gasteiger partial charge in [0.1, 0.15) is 0 Å². The molecule has 0 saturated carbocycles. The van der Waals surface area contributed by atoms with Gasteiger partial charge < -0.3 is 20.3 Å². The second-order valence-electron chi connectivity index (χ2n) is 5.66. The Morgan fingerprint density at radius 2 is 1.75 bits per heavy atom. The van der Waals surface area contributed by atoms with Crippen molar-refractivity contribution in [2.45, 2.75) is 13.1 Å². The summed E-state index contributed by atoms with van der Waals surface area (Å²) in [6.07, 6.45) is 3.45. The van der Waals surface area contributed by atoms with Gasteiger partial charge in [-0.3, -0.25) is 4.98 Å². The Kier molecular flexibility index (Phi) is 5.63. The van der Waals surface area contributed by atoms with Crippen LogP contribution in [0.2, 0.25) is 0 Å². The highest BCUT2D eigenvalue weighted by Crippen LogP contribution is 2.16. The first-order valence-electron chi connectivity index (χ1n) is 8.13. The summed E-state index contributed by atoms with van der Waals surface area (Å²) in [6, 6.07) is 11.9. The summed E-state index contributed by atoms with van der Waals surface area (Å²) in [5, 5.41) is 5.68. The van der Waals surface area contributed by atoms with Crippen molar-refractivity contribution < 1.29 is 9.53 Å². The number of nitrogens with one attached hydrogen (secondary N) is 2. The van der Waals surface area contributed by atoms with Crippen molar-refractivity contribution in [3.63, 3.8) is 0 Å². The van der Waals surface area contributed by atoms with Crippen LogP contribution in [0.5, 0.6) is 0 Å². The summed E-state index contributed by atoms with van der Waals surface area (Å²) in [7, 11) is 0. The van der Waals surface area contributed by atoms with Crippen LogP contribution in [0.3, 0.4) is 0 Å². The molecule has 1 aliphatic rings. The molecule has 1 aromatic carbocycles. The van der Waals surface area contributed by atoms with Gasteiger partial charge in [-0.15, -0.1) is 0 Å². The third-order valence-electron chi connectivity index (χ3n) is 3.94. The molecule has 6 heteroatoms. The van der Waals surface area contributed by atoms with Gasteiger partial charge in [0, 0.05) is 44.3 Å². The van der Waals surface area contributed by atoms with E-state index < -0.39 is 0 Å². The molecule has 1 fully saturated rings. The van der Waals surface area contributed by atoms with Crippen LogP contribution in [0.4, 0.5) is 10.5 Å². The van der Waals surface area contributed by atoms with Crippen LogP contribution in [-0.2, 0) is 17.8 Å². The van der Waals surface area contributed by atoms with Crippen LogP contribution < -0.4 is 15.5 Å². The number of pyridine rings is 1. The molecule has 1 saturated heterocycles. The number of urea groups is 1. The van der Waals surface area contributed by atoms with Crippen molar-refractivity contribution in [3.05, 3.63) is 59.9 Å². The zero-order chi connectivity index (χ0) is 16.6. The molecule has 2 aromatic rings. The lowest BCUT2D eigenvalue weighted by Gasteiger charge is -2.28. The van der Waals surface area contributed by atoms with Gasteiger partial charge >= 0.3 is 6.03 Å². The largest absolute Gasteiger partial charge is 0.378 e. The van der Waals surface area contributed by atoms with Gasteiger partial charge in [0.15, 0.2) is 0 Å². The van der Waals surface area contributed by atoms with Gasteiger partial charge in [-0.1, -0.05) is 18.2 Å². The maximum Gasteiger partial charge on any atom is 0.315 e. The fraction of sp³-hybridized carbons (Fsp3) is 0.333. The third kappa shape index (κ3) is 4.70. The number of hydrogen-bond donors (Lipinski definition) is 2. The Morgan fingerprint density at radius 3 is 2.42 bits per heavy atom. The fourth-order valence-electron chi connectivity index (χ4n) is 2.58. The number of ether oxygens (including phenoxy) is 1. The summed E-state index contributed by atoms with van der Waals surface area (Å²) in [4.78, 5) is 18.2. The smallest absolute Gasteiger partial charge is 0.315 e. The number of amides is 2. The first kappa shape index (κ1) is 16.3. The first-order chi connectivity index (χ1) is 11.8. The molecular weight excluding hydrogens is 304 g/mol. The summed E-state index contributed by atoms with van der Waals surface area (Å²) in [5.74, 6) is 0. The molecule has 2 amide bonds. The number of carbonyl (C=O) groups is 1. The van der Waals surface area contributed by atoms with E-state index in [1.807, 2.05) is 24.3 Å². The number of morpholine rings is 1. The molecular formula is C18H22N4O2. The molecule has 0 aliphatic carbocycles. The number of carbonyl (C=O) groups excluding carboxylic acids is 1. The Bertz CT molecular complexity index is 640. The topological polar surface area (TPSA) is 66.5 Å². The number of nitrogens with zero attached hydrogens (tertiary/aromatic N) is 2. The lowest BCUT2D eigenvalue weighted by atomic mass is 10.2. The van der Waals surface area contributed by atoms with Crippen molar-refractivity contribution in [2.75, 3.05) is 31.2 Å². The zero-order valence-electron chi connectivity index (χ0n) is 13.6. The highest BCUT2D eigenvalue weighted by atomic mass is 16.5. The quantitative estimate of drug-likeness (QED) is 0.881. The molecule has 0 unspecified atom stereocenters. The van der Waals surface area contributed by atoms with Crippen molar-refractivity contribution >= 4 is 11.7 Å². The summed E-state index contributed by atoms with van der Waals surface area (Å²) >= 11 is 0. The highest BCUT2D eigenvalue weighted by Gasteiger charge is 2.10. The number of benzene rings is 1. The van der Waals surface area contributed by atoms with Crippen LogP contribution >= 0.6 is 0 Å². The van der Waals surface area contributed by atoms with Gasteiger partial charge in [-0.25, -0.2) is 4.79 Å². The molecule has 126 valence electrons. The van der Waals surface area contributed by atoms with Gasteiger partial charge in [-0.2, -0.15) is 0 Å². The van der Waals surface area contributed by atoms with E-state index in [2.05, 4.69) is 32.7 Å². The molecule has 3 rings (SSSR count). The molecule has 0 spiro atoms. The second kappa shape index (κ2) is 8.31. The van der Waals surface area contributed by atoms with E-state index >= 15 is 0 Å². The van der Waals surface area contributed by atoms with E-state index in [9.17, 15) is 4.79 Å². The third-order valence-corrected chi connectivity index (χ3v) is 3.94. The Labute approximate surface area is 141 Å². The Balaban J connectivity index is 1.43. The van der Waals surface area contributed by atoms with Crippen LogP contribution in [-0.4, -0.2) is 37.3 Å². The minimum Gasteiger partial charge on any atom is -0.378 e. The van der Waals surface area contributed by atoms with Crippen molar-refractivity contribution in [2.24, 2.45) is 0 Å². The maximum atomic E-state index is 11.8. The lowest BCUT2D eigenvalue weighted by molar-refractivity contribution is 0.122. The van der Waals surface area contributed by atoms with Crippen LogP contribution in [0, 0.1) is 0 Å². The number of aromatic nitrogens is 1. The van der Waals surface area contributed by atoms with E-state index in [0.29, 0.717) is 13.1 Å². The Morgan fingerprint density at radius 1 is 1.04 bits per heavy atom. The number of anilines is 1. The molecule has 1 aliphatic heterocycles. The summed E-state index contributed by atoms with van der Waals surface area (Å²) < 4.78 is 5.36. The molecule has 1 aromatic heterocycles. The predicted octanol–water partition coefficient (Wildman–Crippen LogP) is 1.92. The van der Waals surface area contributed by atoms with E-state index in [4.69, 9.17) is 4.74 Å². The average molecular weight is 326 g/mol. The summed E-state index contributed by atoms with van der Waals surface area (Å²) in [5.41, 5.74) is 3.24. The van der Waals surface area contributed by atoms with E-state index in [0.717, 1.165) is 37.4 Å². The van der Waals surface area contributed by atoms with Gasteiger partial charge in [0.25, 0.3) is 0 Å². The lowest BCUT2D eigenvalue weighted by Crippen LogP contribution is -2.36. The summed E-state index contributed by atoms with van der Waals surface area (Å²) in [6.45, 7) is 4.38. The van der Waals surface area contributed by atoms with Crippen LogP contribution in [0.1, 0.15) is 11.1 Å².